The molecular weight excluding hydrogens is 412 g/mol. The summed E-state index contributed by atoms with van der Waals surface area (Å²) in [5.41, 5.74) is 0. The minimum absolute atomic E-state index is 0.641. The molecule has 34 heavy (non-hydrogen) atoms. The summed E-state index contributed by atoms with van der Waals surface area (Å²) in [4.78, 5) is 5.28. The summed E-state index contributed by atoms with van der Waals surface area (Å²) in [5.74, 6) is 0. The molecule has 0 saturated heterocycles. The van der Waals surface area contributed by atoms with Gasteiger partial charge in [-0.2, -0.15) is 0 Å². The van der Waals surface area contributed by atoms with Gasteiger partial charge >= 0.3 is 0 Å². The molecule has 0 aromatic carbocycles. The van der Waals surface area contributed by atoms with Gasteiger partial charge in [-0.25, -0.2) is 0 Å². The maximum Gasteiger partial charge on any atom is 0.101 e. The van der Waals surface area contributed by atoms with Crippen LogP contribution in [0.4, 0.5) is 0 Å². The molecule has 2 nitrogen and oxygen atoms in total. The lowest BCUT2D eigenvalue weighted by atomic mass is 10.0. The molecule has 0 fully saturated rings. The van der Waals surface area contributed by atoms with Crippen LogP contribution in [0.5, 0.6) is 0 Å². The van der Waals surface area contributed by atoms with Gasteiger partial charge in [0.1, 0.15) is 6.17 Å². The van der Waals surface area contributed by atoms with Gasteiger partial charge in [0.15, 0.2) is 0 Å². The summed E-state index contributed by atoms with van der Waals surface area (Å²) in [6, 6.07) is 0. The van der Waals surface area contributed by atoms with Crippen LogP contribution in [0.25, 0.3) is 0 Å². The van der Waals surface area contributed by atoms with Gasteiger partial charge in [-0.3, -0.25) is 0 Å². The molecular formula is C32H64N2. The topological polar surface area (TPSA) is 6.48 Å². The van der Waals surface area contributed by atoms with E-state index < -0.39 is 0 Å². The predicted molar refractivity (Wildman–Crippen MR) is 154 cm³/mol. The Morgan fingerprint density at radius 1 is 0.382 bits per heavy atom. The van der Waals surface area contributed by atoms with E-state index in [-0.39, 0.29) is 0 Å². The van der Waals surface area contributed by atoms with Gasteiger partial charge in [-0.05, 0) is 25.7 Å². The van der Waals surface area contributed by atoms with E-state index in [0.29, 0.717) is 6.17 Å². The summed E-state index contributed by atoms with van der Waals surface area (Å²) in [6.45, 7) is 9.40. The van der Waals surface area contributed by atoms with Gasteiger partial charge in [-0.15, -0.1) is 0 Å². The molecule has 1 aliphatic rings. The SMILES string of the molecule is CCCCCCCCCCCCCCCCCN1C=CN(CCC)C1CCCCCCCCC. The van der Waals surface area contributed by atoms with E-state index in [1.54, 1.807) is 0 Å². The highest BCUT2D eigenvalue weighted by molar-refractivity contribution is 4.96. The second-order valence-corrected chi connectivity index (χ2v) is 11.1. The number of hydrogen-bond acceptors (Lipinski definition) is 2. The molecule has 0 amide bonds. The molecule has 2 heteroatoms. The van der Waals surface area contributed by atoms with Gasteiger partial charge in [-0.1, -0.05) is 149 Å². The van der Waals surface area contributed by atoms with Crippen LogP contribution in [0, 0.1) is 0 Å². The summed E-state index contributed by atoms with van der Waals surface area (Å²) in [6.07, 6.45) is 39.7. The first kappa shape index (κ1) is 31.4. The number of nitrogens with zero attached hydrogens (tertiary/aromatic N) is 2. The third-order valence-electron chi connectivity index (χ3n) is 7.78. The molecule has 0 spiro atoms. The highest BCUT2D eigenvalue weighted by Crippen LogP contribution is 2.23. The van der Waals surface area contributed by atoms with Gasteiger partial charge in [0.05, 0.1) is 0 Å². The van der Waals surface area contributed by atoms with Gasteiger partial charge in [0, 0.05) is 25.5 Å². The molecule has 1 aliphatic heterocycles. The molecule has 0 aliphatic carbocycles. The Morgan fingerprint density at radius 2 is 0.735 bits per heavy atom. The lowest BCUT2D eigenvalue weighted by molar-refractivity contribution is 0.137. The fraction of sp³-hybridized carbons (Fsp3) is 0.938. The average molecular weight is 477 g/mol. The van der Waals surface area contributed by atoms with E-state index >= 15 is 0 Å². The highest BCUT2D eigenvalue weighted by atomic mass is 15.4. The van der Waals surface area contributed by atoms with E-state index in [1.165, 1.54) is 167 Å². The molecule has 1 heterocycles. The molecule has 202 valence electrons. The Kier molecular flexibility index (Phi) is 22.2. The zero-order chi connectivity index (χ0) is 24.5. The molecule has 0 N–H and O–H groups in total. The molecule has 0 aromatic heterocycles. The molecule has 0 aromatic rings. The second-order valence-electron chi connectivity index (χ2n) is 11.1. The van der Waals surface area contributed by atoms with E-state index in [1.807, 2.05) is 0 Å². The minimum Gasteiger partial charge on any atom is -0.356 e. The van der Waals surface area contributed by atoms with Crippen molar-refractivity contribution in [3.05, 3.63) is 12.4 Å². The van der Waals surface area contributed by atoms with Crippen LogP contribution in [0.1, 0.15) is 175 Å². The highest BCUT2D eigenvalue weighted by Gasteiger charge is 2.24. The first-order valence-corrected chi connectivity index (χ1v) is 16.0. The molecule has 0 saturated carbocycles. The van der Waals surface area contributed by atoms with Crippen molar-refractivity contribution >= 4 is 0 Å². The third-order valence-corrected chi connectivity index (χ3v) is 7.78. The first-order chi connectivity index (χ1) is 16.8. The van der Waals surface area contributed by atoms with Crippen LogP contribution >= 0.6 is 0 Å². The second kappa shape index (κ2) is 24.1. The number of hydrogen-bond donors (Lipinski definition) is 0. The summed E-state index contributed by atoms with van der Waals surface area (Å²) >= 11 is 0. The van der Waals surface area contributed by atoms with E-state index in [4.69, 9.17) is 0 Å². The Bertz CT molecular complexity index is 433. The summed E-state index contributed by atoms with van der Waals surface area (Å²) in [7, 11) is 0. The first-order valence-electron chi connectivity index (χ1n) is 16.0. The van der Waals surface area contributed by atoms with Crippen molar-refractivity contribution in [2.75, 3.05) is 13.1 Å². The molecule has 0 radical (unpaired) electrons. The predicted octanol–water partition coefficient (Wildman–Crippen LogP) is 10.8. The van der Waals surface area contributed by atoms with E-state index in [2.05, 4.69) is 43.0 Å². The zero-order valence-corrected chi connectivity index (χ0v) is 24.0. The largest absolute Gasteiger partial charge is 0.356 e. The normalized spacial score (nSPS) is 15.7. The Labute approximate surface area is 216 Å². The standard InChI is InChI=1S/C32H64N2/c1-4-7-9-11-13-14-15-16-17-18-19-20-22-24-26-29-34-31-30-33(28-6-3)32(34)27-25-23-21-12-10-8-5-2/h30-32H,4-29H2,1-3H3. The summed E-state index contributed by atoms with van der Waals surface area (Å²) < 4.78 is 0. The van der Waals surface area contributed by atoms with E-state index in [9.17, 15) is 0 Å². The average Bonchev–Trinajstić information content (AvgIpc) is 3.22. The van der Waals surface area contributed by atoms with Crippen molar-refractivity contribution in [2.24, 2.45) is 0 Å². The fourth-order valence-corrected chi connectivity index (χ4v) is 5.55. The van der Waals surface area contributed by atoms with Crippen molar-refractivity contribution < 1.29 is 0 Å². The maximum atomic E-state index is 2.66. The van der Waals surface area contributed by atoms with Crippen LogP contribution < -0.4 is 0 Å². The Hall–Kier alpha value is -0.660. The molecule has 1 rings (SSSR count). The van der Waals surface area contributed by atoms with Crippen LogP contribution in [0.15, 0.2) is 12.4 Å². The number of rotatable bonds is 26. The minimum atomic E-state index is 0.641. The van der Waals surface area contributed by atoms with E-state index in [0.717, 1.165) is 0 Å². The molecule has 1 atom stereocenters. The van der Waals surface area contributed by atoms with Crippen molar-refractivity contribution in [3.8, 4) is 0 Å². The lowest BCUT2D eigenvalue weighted by Crippen LogP contribution is -2.39. The third kappa shape index (κ3) is 16.9. The van der Waals surface area contributed by atoms with Crippen molar-refractivity contribution in [1.82, 2.24) is 9.80 Å². The van der Waals surface area contributed by atoms with Crippen LogP contribution in [-0.2, 0) is 0 Å². The summed E-state index contributed by atoms with van der Waals surface area (Å²) in [5, 5.41) is 0. The van der Waals surface area contributed by atoms with Crippen molar-refractivity contribution in [3.63, 3.8) is 0 Å². The zero-order valence-electron chi connectivity index (χ0n) is 24.0. The van der Waals surface area contributed by atoms with Crippen molar-refractivity contribution in [2.45, 2.75) is 181 Å². The van der Waals surface area contributed by atoms with Gasteiger partial charge < -0.3 is 9.80 Å². The fourth-order valence-electron chi connectivity index (χ4n) is 5.55. The van der Waals surface area contributed by atoms with Gasteiger partial charge in [0.2, 0.25) is 0 Å². The monoisotopic (exact) mass is 477 g/mol. The van der Waals surface area contributed by atoms with Crippen LogP contribution in [0.3, 0.4) is 0 Å². The lowest BCUT2D eigenvalue weighted by Gasteiger charge is -2.33. The van der Waals surface area contributed by atoms with Crippen LogP contribution in [0.2, 0.25) is 0 Å². The van der Waals surface area contributed by atoms with Crippen molar-refractivity contribution in [1.29, 1.82) is 0 Å². The Morgan fingerprint density at radius 3 is 1.15 bits per heavy atom. The molecule has 1 unspecified atom stereocenters. The number of unbranched alkanes of at least 4 members (excludes halogenated alkanes) is 20. The van der Waals surface area contributed by atoms with Crippen LogP contribution in [-0.4, -0.2) is 29.1 Å². The smallest absolute Gasteiger partial charge is 0.101 e. The van der Waals surface area contributed by atoms with Gasteiger partial charge in [0.25, 0.3) is 0 Å². The Balaban J connectivity index is 2.00. The maximum absolute atomic E-state index is 2.66. The molecule has 0 bridgehead atoms. The quantitative estimate of drug-likeness (QED) is 0.114.